The Balaban J connectivity index is 1.58. The van der Waals surface area contributed by atoms with E-state index in [1.807, 2.05) is 0 Å². The van der Waals surface area contributed by atoms with E-state index in [0.29, 0.717) is 9.36 Å². The molecule has 0 bridgehead atoms. The number of nitrogens with one attached hydrogen (secondary N) is 2. The predicted octanol–water partition coefficient (Wildman–Crippen LogP) is 5.85. The summed E-state index contributed by atoms with van der Waals surface area (Å²) in [4.78, 5) is 24.4. The van der Waals surface area contributed by atoms with Crippen LogP contribution >= 0.6 is 46.3 Å². The number of hydrogen-bond donors (Lipinski definition) is 2. The number of carbonyl (C=O) groups is 2. The van der Waals surface area contributed by atoms with E-state index in [0.717, 1.165) is 29.2 Å². The molecule has 0 spiro atoms. The van der Waals surface area contributed by atoms with Gasteiger partial charge in [-0.15, -0.1) is 10.2 Å². The Morgan fingerprint density at radius 2 is 1.81 bits per heavy atom. The summed E-state index contributed by atoms with van der Waals surface area (Å²) in [6, 6.07) is 9.11. The molecule has 1 aromatic heterocycles. The second-order valence-corrected chi connectivity index (χ2v) is 8.88. The first kappa shape index (κ1) is 23.3. The van der Waals surface area contributed by atoms with Gasteiger partial charge in [-0.3, -0.25) is 14.9 Å². The van der Waals surface area contributed by atoms with Crippen molar-refractivity contribution < 1.29 is 22.8 Å². The van der Waals surface area contributed by atoms with E-state index in [9.17, 15) is 22.8 Å². The number of anilines is 2. The first-order valence-corrected chi connectivity index (χ1v) is 10.9. The molecular weight excluding hydrogens is 496 g/mol. The SMILES string of the molecule is O=C(CSc1nnc(NC(=O)c2cc(Cl)ccc2Cl)s1)Nc1ccccc1C(F)(F)F. The van der Waals surface area contributed by atoms with Crippen molar-refractivity contribution in [1.29, 1.82) is 0 Å². The summed E-state index contributed by atoms with van der Waals surface area (Å²) in [6.45, 7) is 0. The van der Waals surface area contributed by atoms with E-state index in [1.54, 1.807) is 6.07 Å². The molecule has 0 aliphatic rings. The van der Waals surface area contributed by atoms with Crippen LogP contribution in [0.1, 0.15) is 15.9 Å². The normalized spacial score (nSPS) is 11.3. The van der Waals surface area contributed by atoms with Gasteiger partial charge < -0.3 is 5.32 Å². The molecule has 0 saturated heterocycles. The number of hydrogen-bond acceptors (Lipinski definition) is 6. The first-order valence-electron chi connectivity index (χ1n) is 8.32. The lowest BCUT2D eigenvalue weighted by molar-refractivity contribution is -0.137. The topological polar surface area (TPSA) is 84.0 Å². The Hall–Kier alpha value is -2.34. The number of amides is 2. The molecule has 6 nitrogen and oxygen atoms in total. The van der Waals surface area contributed by atoms with Crippen molar-refractivity contribution in [3.05, 3.63) is 63.6 Å². The average molecular weight is 507 g/mol. The van der Waals surface area contributed by atoms with Crippen molar-refractivity contribution in [1.82, 2.24) is 10.2 Å². The highest BCUT2D eigenvalue weighted by molar-refractivity contribution is 8.01. The molecule has 1 heterocycles. The fourth-order valence-corrected chi connectivity index (χ4v) is 4.23. The van der Waals surface area contributed by atoms with Gasteiger partial charge in [-0.25, -0.2) is 0 Å². The second-order valence-electron chi connectivity index (χ2n) is 5.83. The van der Waals surface area contributed by atoms with Crippen LogP contribution in [-0.2, 0) is 11.0 Å². The number of carbonyl (C=O) groups excluding carboxylic acids is 2. The molecule has 31 heavy (non-hydrogen) atoms. The molecule has 0 aliphatic heterocycles. The van der Waals surface area contributed by atoms with Crippen molar-refractivity contribution in [2.75, 3.05) is 16.4 Å². The average Bonchev–Trinajstić information content (AvgIpc) is 3.15. The summed E-state index contributed by atoms with van der Waals surface area (Å²) in [7, 11) is 0. The van der Waals surface area contributed by atoms with E-state index in [-0.39, 0.29) is 27.2 Å². The summed E-state index contributed by atoms with van der Waals surface area (Å²) in [5, 5.41) is 13.1. The van der Waals surface area contributed by atoms with E-state index >= 15 is 0 Å². The minimum atomic E-state index is -4.59. The summed E-state index contributed by atoms with van der Waals surface area (Å²) < 4.78 is 39.3. The van der Waals surface area contributed by atoms with Gasteiger partial charge in [0.25, 0.3) is 5.91 Å². The van der Waals surface area contributed by atoms with Crippen LogP contribution in [0.25, 0.3) is 0 Å². The van der Waals surface area contributed by atoms with Gasteiger partial charge in [0.2, 0.25) is 11.0 Å². The molecule has 162 valence electrons. The number of rotatable bonds is 6. The largest absolute Gasteiger partial charge is 0.418 e. The maximum Gasteiger partial charge on any atom is 0.418 e. The zero-order chi connectivity index (χ0) is 22.6. The molecule has 2 amide bonds. The van der Waals surface area contributed by atoms with Crippen LogP contribution in [0.15, 0.2) is 46.8 Å². The lowest BCUT2D eigenvalue weighted by atomic mass is 10.1. The van der Waals surface area contributed by atoms with Crippen LogP contribution in [0.2, 0.25) is 10.0 Å². The van der Waals surface area contributed by atoms with Gasteiger partial charge in [-0.1, -0.05) is 58.4 Å². The molecular formula is C18H11Cl2F3N4O2S2. The Morgan fingerprint density at radius 1 is 1.06 bits per heavy atom. The Morgan fingerprint density at radius 3 is 2.55 bits per heavy atom. The van der Waals surface area contributed by atoms with Gasteiger partial charge in [0.1, 0.15) is 0 Å². The fourth-order valence-electron chi connectivity index (χ4n) is 2.31. The number of thioether (sulfide) groups is 1. The van der Waals surface area contributed by atoms with Crippen LogP contribution in [0, 0.1) is 0 Å². The number of alkyl halides is 3. The molecule has 3 rings (SSSR count). The maximum absolute atomic E-state index is 13.0. The summed E-state index contributed by atoms with van der Waals surface area (Å²) in [6.07, 6.45) is -4.59. The number of halogens is 5. The third-order valence-corrected chi connectivity index (χ3v) is 6.17. The Bertz CT molecular complexity index is 1130. The lowest BCUT2D eigenvalue weighted by Crippen LogP contribution is -2.18. The van der Waals surface area contributed by atoms with Crippen molar-refractivity contribution in [3.63, 3.8) is 0 Å². The molecule has 0 radical (unpaired) electrons. The van der Waals surface area contributed by atoms with Crippen molar-refractivity contribution >= 4 is 68.9 Å². The van der Waals surface area contributed by atoms with Gasteiger partial charge in [-0.2, -0.15) is 13.2 Å². The first-order chi connectivity index (χ1) is 14.6. The standard InChI is InChI=1S/C18H11Cl2F3N4O2S2/c19-9-5-6-12(20)10(7-9)15(29)25-16-26-27-17(31-16)30-8-14(28)24-13-4-2-1-3-11(13)18(21,22)23/h1-7H,8H2,(H,24,28)(H,25,26,29). The van der Waals surface area contributed by atoms with E-state index in [1.165, 1.54) is 30.3 Å². The summed E-state index contributed by atoms with van der Waals surface area (Å²) >= 11 is 13.8. The van der Waals surface area contributed by atoms with Gasteiger partial charge >= 0.3 is 6.18 Å². The van der Waals surface area contributed by atoms with Crippen molar-refractivity contribution in [2.45, 2.75) is 10.5 Å². The zero-order valence-electron chi connectivity index (χ0n) is 15.2. The molecule has 0 aliphatic carbocycles. The molecule has 3 aromatic rings. The number of benzene rings is 2. The summed E-state index contributed by atoms with van der Waals surface area (Å²) in [5.74, 6) is -1.38. The third-order valence-electron chi connectivity index (χ3n) is 3.63. The monoisotopic (exact) mass is 506 g/mol. The van der Waals surface area contributed by atoms with Crippen LogP contribution in [0.5, 0.6) is 0 Å². The molecule has 2 aromatic carbocycles. The van der Waals surface area contributed by atoms with E-state index in [4.69, 9.17) is 23.2 Å². The number of aromatic nitrogens is 2. The highest BCUT2D eigenvalue weighted by atomic mass is 35.5. The quantitative estimate of drug-likeness (QED) is 0.323. The van der Waals surface area contributed by atoms with Gasteiger partial charge in [0.05, 0.1) is 27.6 Å². The highest BCUT2D eigenvalue weighted by Gasteiger charge is 2.33. The zero-order valence-corrected chi connectivity index (χ0v) is 18.3. The van der Waals surface area contributed by atoms with Gasteiger partial charge in [0, 0.05) is 5.02 Å². The van der Waals surface area contributed by atoms with E-state index < -0.39 is 23.6 Å². The number of nitrogens with zero attached hydrogens (tertiary/aromatic N) is 2. The molecule has 0 unspecified atom stereocenters. The Labute approximate surface area is 192 Å². The fraction of sp³-hybridized carbons (Fsp3) is 0.111. The third kappa shape index (κ3) is 6.33. The van der Waals surface area contributed by atoms with Crippen molar-refractivity contribution in [2.24, 2.45) is 0 Å². The van der Waals surface area contributed by atoms with Crippen LogP contribution in [0.3, 0.4) is 0 Å². The molecule has 0 fully saturated rings. The van der Waals surface area contributed by atoms with Crippen LogP contribution in [0.4, 0.5) is 24.0 Å². The highest BCUT2D eigenvalue weighted by Crippen LogP contribution is 2.35. The van der Waals surface area contributed by atoms with Crippen LogP contribution < -0.4 is 10.6 Å². The minimum Gasteiger partial charge on any atom is -0.325 e. The van der Waals surface area contributed by atoms with Crippen LogP contribution in [-0.4, -0.2) is 27.8 Å². The van der Waals surface area contributed by atoms with Crippen molar-refractivity contribution in [3.8, 4) is 0 Å². The summed E-state index contributed by atoms with van der Waals surface area (Å²) in [5.41, 5.74) is -1.11. The molecule has 0 atom stereocenters. The smallest absolute Gasteiger partial charge is 0.325 e. The minimum absolute atomic E-state index is 0.154. The second kappa shape index (κ2) is 9.86. The Kier molecular flexibility index (Phi) is 7.42. The van der Waals surface area contributed by atoms with Gasteiger partial charge in [-0.05, 0) is 30.3 Å². The molecule has 13 heteroatoms. The predicted molar refractivity (Wildman–Crippen MR) is 115 cm³/mol. The van der Waals surface area contributed by atoms with Gasteiger partial charge in [0.15, 0.2) is 4.34 Å². The molecule has 2 N–H and O–H groups in total. The maximum atomic E-state index is 13.0. The molecule has 0 saturated carbocycles. The van der Waals surface area contributed by atoms with E-state index in [2.05, 4.69) is 20.8 Å². The number of para-hydroxylation sites is 1. The lowest BCUT2D eigenvalue weighted by Gasteiger charge is -2.13.